The highest BCUT2D eigenvalue weighted by Crippen LogP contribution is 2.29. The van der Waals surface area contributed by atoms with E-state index < -0.39 is 11.7 Å². The molecule has 0 bridgehead atoms. The average molecular weight is 500 g/mol. The number of carbonyl (C=O) groups is 1. The molecular weight excluding hydrogens is 474 g/mol. The monoisotopic (exact) mass is 499 g/mol. The second kappa shape index (κ2) is 10.5. The Bertz CT molecular complexity index is 1090. The van der Waals surface area contributed by atoms with Gasteiger partial charge in [0, 0.05) is 16.8 Å². The third kappa shape index (κ3) is 6.20. The molecule has 0 aliphatic rings. The molecule has 168 valence electrons. The van der Waals surface area contributed by atoms with E-state index in [9.17, 15) is 4.79 Å². The Morgan fingerprint density at radius 1 is 1.12 bits per heavy atom. The zero-order chi connectivity index (χ0) is 23.1. The Kier molecular flexibility index (Phi) is 7.69. The number of allylic oxidation sites excluding steroid dienone is 1. The predicted octanol–water partition coefficient (Wildman–Crippen LogP) is 6.04. The van der Waals surface area contributed by atoms with E-state index in [-0.39, 0.29) is 0 Å². The summed E-state index contributed by atoms with van der Waals surface area (Å²) < 4.78 is 16.5. The second-order valence-corrected chi connectivity index (χ2v) is 8.48. The molecule has 0 N–H and O–H groups in total. The van der Waals surface area contributed by atoms with Gasteiger partial charge in [0.15, 0.2) is 0 Å². The van der Waals surface area contributed by atoms with Gasteiger partial charge in [-0.05, 0) is 57.2 Å². The van der Waals surface area contributed by atoms with E-state index >= 15 is 0 Å². The Hall–Kier alpha value is -3.13. The van der Waals surface area contributed by atoms with E-state index in [0.29, 0.717) is 24.0 Å². The third-order valence-corrected chi connectivity index (χ3v) is 4.62. The number of methoxy groups -OCH3 is 1. The molecule has 0 spiro atoms. The van der Waals surface area contributed by atoms with Crippen LogP contribution in [0.4, 0.5) is 16.3 Å². The summed E-state index contributed by atoms with van der Waals surface area (Å²) in [7, 11) is 1.54. The number of hydrogen-bond acceptors (Lipinski definition) is 6. The molecule has 0 saturated carbocycles. The predicted molar refractivity (Wildman–Crippen MR) is 129 cm³/mol. The number of rotatable bonds is 7. The van der Waals surface area contributed by atoms with Gasteiger partial charge in [-0.2, -0.15) is 0 Å². The van der Waals surface area contributed by atoms with Gasteiger partial charge in [-0.3, -0.25) is 0 Å². The third-order valence-electron chi connectivity index (χ3n) is 4.24. The molecule has 8 heteroatoms. The number of alkyl halides is 1. The molecule has 2 aromatic heterocycles. The first-order chi connectivity index (χ1) is 15.3. The maximum atomic E-state index is 13.1. The Balaban J connectivity index is 1.94. The molecule has 1 amide bonds. The summed E-state index contributed by atoms with van der Waals surface area (Å²) in [6.07, 6.45) is 4.93. The largest absolute Gasteiger partial charge is 0.490 e. The van der Waals surface area contributed by atoms with Crippen LogP contribution in [0.3, 0.4) is 0 Å². The molecule has 32 heavy (non-hydrogen) atoms. The van der Waals surface area contributed by atoms with Gasteiger partial charge >= 0.3 is 6.09 Å². The van der Waals surface area contributed by atoms with E-state index in [1.807, 2.05) is 57.2 Å². The Labute approximate surface area is 196 Å². The highest BCUT2D eigenvalue weighted by atomic mass is 79.9. The van der Waals surface area contributed by atoms with E-state index in [2.05, 4.69) is 25.9 Å². The maximum absolute atomic E-state index is 13.1. The van der Waals surface area contributed by atoms with Crippen LogP contribution in [0.1, 0.15) is 20.8 Å². The summed E-state index contributed by atoms with van der Waals surface area (Å²) in [5.74, 6) is 1.62. The SMILES string of the molecule is COc1ccc(N(C(=O)OC(C)(C)C)c2ccc3cc(OC/C=C/CBr)ccc3n2)cn1. The van der Waals surface area contributed by atoms with Crippen LogP contribution in [0, 0.1) is 0 Å². The maximum Gasteiger partial charge on any atom is 0.420 e. The number of nitrogens with zero attached hydrogens (tertiary/aromatic N) is 3. The Morgan fingerprint density at radius 3 is 2.59 bits per heavy atom. The number of amides is 1. The fourth-order valence-electron chi connectivity index (χ4n) is 2.85. The molecule has 0 saturated heterocycles. The van der Waals surface area contributed by atoms with Crippen molar-refractivity contribution in [1.82, 2.24) is 9.97 Å². The Morgan fingerprint density at radius 2 is 1.94 bits per heavy atom. The van der Waals surface area contributed by atoms with Crippen LogP contribution in [0.15, 0.2) is 60.8 Å². The lowest BCUT2D eigenvalue weighted by atomic mass is 10.2. The zero-order valence-electron chi connectivity index (χ0n) is 18.5. The second-order valence-electron chi connectivity index (χ2n) is 7.84. The van der Waals surface area contributed by atoms with Crippen LogP contribution in [-0.4, -0.2) is 40.7 Å². The first-order valence-electron chi connectivity index (χ1n) is 10.1. The lowest BCUT2D eigenvalue weighted by Crippen LogP contribution is -2.34. The van der Waals surface area contributed by atoms with Gasteiger partial charge in [-0.15, -0.1) is 0 Å². The summed E-state index contributed by atoms with van der Waals surface area (Å²) in [5.41, 5.74) is 0.577. The highest BCUT2D eigenvalue weighted by Gasteiger charge is 2.26. The fraction of sp³-hybridized carbons (Fsp3) is 0.292. The van der Waals surface area contributed by atoms with Crippen molar-refractivity contribution in [3.63, 3.8) is 0 Å². The number of aromatic nitrogens is 2. The molecule has 0 unspecified atom stereocenters. The lowest BCUT2D eigenvalue weighted by Gasteiger charge is -2.26. The number of fused-ring (bicyclic) bond motifs is 1. The van der Waals surface area contributed by atoms with Crippen LogP contribution in [-0.2, 0) is 4.74 Å². The summed E-state index contributed by atoms with van der Waals surface area (Å²) in [4.78, 5) is 23.3. The van der Waals surface area contributed by atoms with Crippen molar-refractivity contribution in [1.29, 1.82) is 0 Å². The molecule has 0 aliphatic carbocycles. The van der Waals surface area contributed by atoms with Crippen molar-refractivity contribution in [2.75, 3.05) is 23.9 Å². The number of halogens is 1. The highest BCUT2D eigenvalue weighted by molar-refractivity contribution is 9.09. The van der Waals surface area contributed by atoms with E-state index in [1.54, 1.807) is 24.4 Å². The van der Waals surface area contributed by atoms with Crippen molar-refractivity contribution in [2.45, 2.75) is 26.4 Å². The number of hydrogen-bond donors (Lipinski definition) is 0. The fourth-order valence-corrected chi connectivity index (χ4v) is 3.11. The molecule has 0 fully saturated rings. The minimum absolute atomic E-state index is 0.424. The number of ether oxygens (including phenoxy) is 3. The van der Waals surface area contributed by atoms with Gasteiger partial charge in [0.05, 0.1) is 24.5 Å². The summed E-state index contributed by atoms with van der Waals surface area (Å²) in [6.45, 7) is 5.94. The number of benzene rings is 1. The average Bonchev–Trinajstić information content (AvgIpc) is 2.76. The van der Waals surface area contributed by atoms with Gasteiger partial charge in [0.2, 0.25) is 5.88 Å². The van der Waals surface area contributed by atoms with Crippen LogP contribution in [0.25, 0.3) is 10.9 Å². The van der Waals surface area contributed by atoms with Crippen LogP contribution in [0.5, 0.6) is 11.6 Å². The molecular formula is C24H26BrN3O4. The minimum atomic E-state index is -0.665. The summed E-state index contributed by atoms with van der Waals surface area (Å²) in [5, 5.41) is 1.69. The first kappa shape index (κ1) is 23.5. The van der Waals surface area contributed by atoms with Gasteiger partial charge < -0.3 is 14.2 Å². The molecule has 2 heterocycles. The van der Waals surface area contributed by atoms with E-state index in [0.717, 1.165) is 22.0 Å². The molecule has 0 radical (unpaired) electrons. The van der Waals surface area contributed by atoms with Crippen molar-refractivity contribution < 1.29 is 19.0 Å². The molecule has 7 nitrogen and oxygen atoms in total. The standard InChI is InChI=1S/C24H26BrN3O4/c1-24(2,3)32-23(29)28(18-8-12-22(30-4)26-16-18)21-11-7-17-15-19(9-10-20(17)27-21)31-14-6-5-13-25/h5-12,15-16H,13-14H2,1-4H3/b6-5+. The van der Waals surface area contributed by atoms with Gasteiger partial charge in [0.1, 0.15) is 23.8 Å². The van der Waals surface area contributed by atoms with Gasteiger partial charge in [-0.1, -0.05) is 28.1 Å². The van der Waals surface area contributed by atoms with Gasteiger partial charge in [0.25, 0.3) is 0 Å². The molecule has 3 aromatic rings. The van der Waals surface area contributed by atoms with Crippen molar-refractivity contribution in [3.05, 3.63) is 60.8 Å². The first-order valence-corrected chi connectivity index (χ1v) is 11.2. The molecule has 1 aromatic carbocycles. The van der Waals surface area contributed by atoms with Crippen LogP contribution in [0.2, 0.25) is 0 Å². The quantitative estimate of drug-likeness (QED) is 0.291. The van der Waals surface area contributed by atoms with E-state index in [1.165, 1.54) is 12.0 Å². The van der Waals surface area contributed by atoms with Crippen molar-refractivity contribution >= 4 is 44.4 Å². The van der Waals surface area contributed by atoms with E-state index in [4.69, 9.17) is 14.2 Å². The topological polar surface area (TPSA) is 73.8 Å². The minimum Gasteiger partial charge on any atom is -0.490 e. The normalized spacial score (nSPS) is 11.5. The molecule has 0 aliphatic heterocycles. The van der Waals surface area contributed by atoms with Crippen LogP contribution < -0.4 is 14.4 Å². The molecule has 3 rings (SSSR count). The number of carbonyl (C=O) groups excluding carboxylic acids is 1. The van der Waals surface area contributed by atoms with Gasteiger partial charge in [-0.25, -0.2) is 19.7 Å². The summed E-state index contributed by atoms with van der Waals surface area (Å²) in [6, 6.07) is 12.7. The van der Waals surface area contributed by atoms with Crippen molar-refractivity contribution in [3.8, 4) is 11.6 Å². The lowest BCUT2D eigenvalue weighted by molar-refractivity contribution is 0.0598. The van der Waals surface area contributed by atoms with Crippen molar-refractivity contribution in [2.24, 2.45) is 0 Å². The smallest absolute Gasteiger partial charge is 0.420 e. The number of anilines is 2. The zero-order valence-corrected chi connectivity index (χ0v) is 20.1. The summed E-state index contributed by atoms with van der Waals surface area (Å²) >= 11 is 3.34. The molecule has 0 atom stereocenters. The van der Waals surface area contributed by atoms with Crippen LogP contribution >= 0.6 is 15.9 Å². The number of pyridine rings is 2.